The Kier molecular flexibility index (Phi) is 6.84. The third-order valence-electron chi connectivity index (χ3n) is 2.32. The molecule has 1 nitrogen and oxygen atoms in total. The van der Waals surface area contributed by atoms with Crippen LogP contribution in [0.15, 0.2) is 29.2 Å². The Morgan fingerprint density at radius 1 is 1.29 bits per heavy atom. The van der Waals surface area contributed by atoms with E-state index in [0.29, 0.717) is 5.92 Å². The molecule has 0 saturated carbocycles. The number of hydrogen-bond donors (Lipinski definition) is 1. The standard InChI is InChI=1S/C15H21NS/c1-4-5-10-17-15-8-6-14(7-9-15)12-16-11-13(2)3/h1,6-9,13,16H,5,10-12H2,2-3H3. The number of hydrogen-bond acceptors (Lipinski definition) is 2. The normalized spacial score (nSPS) is 10.5. The van der Waals surface area contributed by atoms with Crippen LogP contribution in [0.3, 0.4) is 0 Å². The summed E-state index contributed by atoms with van der Waals surface area (Å²) in [5, 5.41) is 3.44. The second kappa shape index (κ2) is 8.22. The third-order valence-corrected chi connectivity index (χ3v) is 3.33. The predicted molar refractivity (Wildman–Crippen MR) is 77.2 cm³/mol. The number of rotatable bonds is 7. The minimum absolute atomic E-state index is 0.702. The molecule has 1 aromatic carbocycles. The maximum atomic E-state index is 5.22. The van der Waals surface area contributed by atoms with Gasteiger partial charge in [0.1, 0.15) is 0 Å². The minimum Gasteiger partial charge on any atom is -0.312 e. The average molecular weight is 247 g/mol. The van der Waals surface area contributed by atoms with Gasteiger partial charge in [0.05, 0.1) is 0 Å². The van der Waals surface area contributed by atoms with Crippen molar-refractivity contribution in [3.05, 3.63) is 29.8 Å². The first-order chi connectivity index (χ1) is 8.22. The molecule has 0 radical (unpaired) electrons. The number of benzene rings is 1. The highest BCUT2D eigenvalue weighted by molar-refractivity contribution is 7.99. The smallest absolute Gasteiger partial charge is 0.0205 e. The summed E-state index contributed by atoms with van der Waals surface area (Å²) in [7, 11) is 0. The van der Waals surface area contributed by atoms with Gasteiger partial charge >= 0.3 is 0 Å². The van der Waals surface area contributed by atoms with Crippen LogP contribution in [0, 0.1) is 18.3 Å². The van der Waals surface area contributed by atoms with E-state index in [4.69, 9.17) is 6.42 Å². The van der Waals surface area contributed by atoms with Gasteiger partial charge in [-0.15, -0.1) is 24.1 Å². The van der Waals surface area contributed by atoms with Gasteiger partial charge in [-0.1, -0.05) is 26.0 Å². The summed E-state index contributed by atoms with van der Waals surface area (Å²) in [6.07, 6.45) is 6.06. The first-order valence-electron chi connectivity index (χ1n) is 6.08. The van der Waals surface area contributed by atoms with Crippen molar-refractivity contribution in [2.75, 3.05) is 12.3 Å². The summed E-state index contributed by atoms with van der Waals surface area (Å²) in [6, 6.07) is 8.72. The molecule has 92 valence electrons. The fraction of sp³-hybridized carbons (Fsp3) is 0.467. The molecule has 0 aliphatic rings. The van der Waals surface area contributed by atoms with Crippen LogP contribution in [-0.2, 0) is 6.54 Å². The molecule has 1 aromatic rings. The molecule has 0 aliphatic carbocycles. The van der Waals surface area contributed by atoms with Crippen molar-refractivity contribution in [1.29, 1.82) is 0 Å². The monoisotopic (exact) mass is 247 g/mol. The van der Waals surface area contributed by atoms with E-state index in [1.165, 1.54) is 10.5 Å². The molecule has 0 unspecified atom stereocenters. The highest BCUT2D eigenvalue weighted by Crippen LogP contribution is 2.18. The highest BCUT2D eigenvalue weighted by atomic mass is 32.2. The number of terminal acetylenes is 1. The van der Waals surface area contributed by atoms with E-state index in [0.717, 1.165) is 25.3 Å². The molecule has 1 rings (SSSR count). The molecule has 0 amide bonds. The highest BCUT2D eigenvalue weighted by Gasteiger charge is 1.97. The second-order valence-electron chi connectivity index (χ2n) is 4.47. The first-order valence-corrected chi connectivity index (χ1v) is 7.07. The Morgan fingerprint density at radius 3 is 2.59 bits per heavy atom. The lowest BCUT2D eigenvalue weighted by molar-refractivity contribution is 0.552. The van der Waals surface area contributed by atoms with E-state index < -0.39 is 0 Å². The van der Waals surface area contributed by atoms with Gasteiger partial charge in [0, 0.05) is 23.6 Å². The fourth-order valence-electron chi connectivity index (χ4n) is 1.44. The van der Waals surface area contributed by atoms with E-state index in [9.17, 15) is 0 Å². The van der Waals surface area contributed by atoms with Gasteiger partial charge in [0.15, 0.2) is 0 Å². The SMILES string of the molecule is C#CCCSc1ccc(CNCC(C)C)cc1. The molecule has 17 heavy (non-hydrogen) atoms. The zero-order valence-corrected chi connectivity index (χ0v) is 11.5. The summed E-state index contributed by atoms with van der Waals surface area (Å²) in [6.45, 7) is 6.46. The molecule has 1 N–H and O–H groups in total. The van der Waals surface area contributed by atoms with Crippen LogP contribution in [0.4, 0.5) is 0 Å². The maximum Gasteiger partial charge on any atom is 0.0205 e. The van der Waals surface area contributed by atoms with E-state index >= 15 is 0 Å². The van der Waals surface area contributed by atoms with Crippen LogP contribution in [0.1, 0.15) is 25.8 Å². The maximum absolute atomic E-state index is 5.22. The van der Waals surface area contributed by atoms with E-state index in [2.05, 4.69) is 49.4 Å². The minimum atomic E-state index is 0.702. The summed E-state index contributed by atoms with van der Waals surface area (Å²) in [4.78, 5) is 1.30. The van der Waals surface area contributed by atoms with Gasteiger partial charge in [-0.3, -0.25) is 0 Å². The summed E-state index contributed by atoms with van der Waals surface area (Å²) >= 11 is 1.82. The van der Waals surface area contributed by atoms with Crippen molar-refractivity contribution in [2.45, 2.75) is 31.7 Å². The van der Waals surface area contributed by atoms with Crippen LogP contribution in [0.5, 0.6) is 0 Å². The van der Waals surface area contributed by atoms with Crippen molar-refractivity contribution < 1.29 is 0 Å². The topological polar surface area (TPSA) is 12.0 Å². The van der Waals surface area contributed by atoms with Crippen molar-refractivity contribution in [2.24, 2.45) is 5.92 Å². The van der Waals surface area contributed by atoms with E-state index in [1.54, 1.807) is 0 Å². The molecule has 0 atom stereocenters. The van der Waals surface area contributed by atoms with Gasteiger partial charge in [-0.25, -0.2) is 0 Å². The van der Waals surface area contributed by atoms with Crippen LogP contribution in [0.2, 0.25) is 0 Å². The second-order valence-corrected chi connectivity index (χ2v) is 5.64. The molecule has 0 heterocycles. The molecule has 0 fully saturated rings. The first kappa shape index (κ1) is 14.2. The number of thioether (sulfide) groups is 1. The van der Waals surface area contributed by atoms with Crippen molar-refractivity contribution >= 4 is 11.8 Å². The fourth-order valence-corrected chi connectivity index (χ4v) is 2.22. The zero-order chi connectivity index (χ0) is 12.5. The van der Waals surface area contributed by atoms with Gasteiger partial charge in [-0.2, -0.15) is 0 Å². The van der Waals surface area contributed by atoms with Crippen LogP contribution >= 0.6 is 11.8 Å². The lowest BCUT2D eigenvalue weighted by Gasteiger charge is -2.08. The molecule has 0 aliphatic heterocycles. The average Bonchev–Trinajstić information content (AvgIpc) is 2.31. The zero-order valence-electron chi connectivity index (χ0n) is 10.7. The molecular weight excluding hydrogens is 226 g/mol. The molecule has 0 aromatic heterocycles. The van der Waals surface area contributed by atoms with E-state index in [-0.39, 0.29) is 0 Å². The van der Waals surface area contributed by atoms with Crippen molar-refractivity contribution in [3.8, 4) is 12.3 Å². The summed E-state index contributed by atoms with van der Waals surface area (Å²) in [5.74, 6) is 4.36. The molecular formula is C15H21NS. The van der Waals surface area contributed by atoms with Crippen LogP contribution < -0.4 is 5.32 Å². The Labute approximate surface area is 109 Å². The quantitative estimate of drug-likeness (QED) is 0.449. The van der Waals surface area contributed by atoms with Crippen molar-refractivity contribution in [3.63, 3.8) is 0 Å². The van der Waals surface area contributed by atoms with Crippen molar-refractivity contribution in [1.82, 2.24) is 5.32 Å². The Balaban J connectivity index is 2.32. The lowest BCUT2D eigenvalue weighted by Crippen LogP contribution is -2.18. The summed E-state index contributed by atoms with van der Waals surface area (Å²) in [5.41, 5.74) is 1.34. The molecule has 0 saturated heterocycles. The molecule has 2 heteroatoms. The van der Waals surface area contributed by atoms with Crippen LogP contribution in [-0.4, -0.2) is 12.3 Å². The third kappa shape index (κ3) is 6.41. The lowest BCUT2D eigenvalue weighted by atomic mass is 10.2. The van der Waals surface area contributed by atoms with Crippen LogP contribution in [0.25, 0.3) is 0 Å². The molecule has 0 bridgehead atoms. The number of nitrogens with one attached hydrogen (secondary N) is 1. The van der Waals surface area contributed by atoms with Gasteiger partial charge in [0.2, 0.25) is 0 Å². The van der Waals surface area contributed by atoms with Gasteiger partial charge in [-0.05, 0) is 30.2 Å². The Morgan fingerprint density at radius 2 is 2.00 bits per heavy atom. The van der Waals surface area contributed by atoms with Gasteiger partial charge < -0.3 is 5.32 Å². The Hall–Kier alpha value is -0.910. The van der Waals surface area contributed by atoms with Gasteiger partial charge in [0.25, 0.3) is 0 Å². The van der Waals surface area contributed by atoms with E-state index in [1.807, 2.05) is 11.8 Å². The Bertz CT molecular complexity index is 348. The largest absolute Gasteiger partial charge is 0.312 e. The summed E-state index contributed by atoms with van der Waals surface area (Å²) < 4.78 is 0. The molecule has 0 spiro atoms. The predicted octanol–water partition coefficient (Wildman–Crippen LogP) is 3.55.